The molecule has 4 nitrogen and oxygen atoms in total. The van der Waals surface area contributed by atoms with Crippen molar-refractivity contribution in [2.45, 2.75) is 26.7 Å². The molecule has 0 rings (SSSR count). The molecule has 0 aliphatic rings. The zero-order chi connectivity index (χ0) is 11.7. The number of carbonyl (C=O) groups excluding carboxylic acids is 1. The number of allylic oxidation sites excluding steroid dienone is 1. The van der Waals surface area contributed by atoms with E-state index >= 15 is 0 Å². The third kappa shape index (κ3) is 7.73. The van der Waals surface area contributed by atoms with Crippen molar-refractivity contribution in [2.24, 2.45) is 16.6 Å². The van der Waals surface area contributed by atoms with Crippen molar-refractivity contribution < 1.29 is 9.53 Å². The maximum atomic E-state index is 11.0. The Bertz CT molecular complexity index is 243. The van der Waals surface area contributed by atoms with E-state index in [-0.39, 0.29) is 11.9 Å². The fraction of sp³-hybridized carbons (Fsp3) is 0.636. The van der Waals surface area contributed by atoms with Crippen LogP contribution in [0.4, 0.5) is 0 Å². The summed E-state index contributed by atoms with van der Waals surface area (Å²) in [6.07, 6.45) is 5.61. The molecule has 1 unspecified atom stereocenters. The maximum Gasteiger partial charge on any atom is 0.308 e. The second kappa shape index (κ2) is 8.03. The molecule has 0 bridgehead atoms. The van der Waals surface area contributed by atoms with Gasteiger partial charge in [0.25, 0.3) is 0 Å². The van der Waals surface area contributed by atoms with Gasteiger partial charge in [0.05, 0.1) is 25.4 Å². The number of carbonyl (C=O) groups is 1. The first-order valence-corrected chi connectivity index (χ1v) is 5.07. The van der Waals surface area contributed by atoms with Crippen LogP contribution in [0.1, 0.15) is 26.7 Å². The number of amidine groups is 1. The van der Waals surface area contributed by atoms with E-state index in [4.69, 9.17) is 5.73 Å². The van der Waals surface area contributed by atoms with Crippen molar-refractivity contribution in [3.63, 3.8) is 0 Å². The highest BCUT2D eigenvalue weighted by Gasteiger charge is 2.10. The van der Waals surface area contributed by atoms with Gasteiger partial charge in [0, 0.05) is 0 Å². The lowest BCUT2D eigenvalue weighted by Crippen LogP contribution is -2.11. The highest BCUT2D eigenvalue weighted by molar-refractivity contribution is 5.77. The Kier molecular flexibility index (Phi) is 7.32. The number of methoxy groups -OCH3 is 1. The van der Waals surface area contributed by atoms with Crippen LogP contribution in [0.2, 0.25) is 0 Å². The molecule has 86 valence electrons. The van der Waals surface area contributed by atoms with Crippen LogP contribution in [0.15, 0.2) is 17.1 Å². The van der Waals surface area contributed by atoms with Crippen molar-refractivity contribution >= 4 is 11.8 Å². The Hall–Kier alpha value is -1.32. The Morgan fingerprint density at radius 1 is 1.53 bits per heavy atom. The zero-order valence-corrected chi connectivity index (χ0v) is 9.69. The summed E-state index contributed by atoms with van der Waals surface area (Å²) in [5.74, 6) is 0.390. The molecule has 0 aromatic heterocycles. The minimum Gasteiger partial charge on any atom is -0.469 e. The quantitative estimate of drug-likeness (QED) is 0.314. The minimum absolute atomic E-state index is 0.0422. The predicted molar refractivity (Wildman–Crippen MR) is 61.7 cm³/mol. The molecule has 0 aromatic carbocycles. The predicted octanol–water partition coefficient (Wildman–Crippen LogP) is 1.51. The van der Waals surface area contributed by atoms with Crippen molar-refractivity contribution in [3.05, 3.63) is 12.2 Å². The van der Waals surface area contributed by atoms with Gasteiger partial charge in [0.15, 0.2) is 0 Å². The molecular weight excluding hydrogens is 192 g/mol. The second-order valence-corrected chi connectivity index (χ2v) is 3.46. The van der Waals surface area contributed by atoms with Crippen molar-refractivity contribution in [3.8, 4) is 0 Å². The van der Waals surface area contributed by atoms with Crippen LogP contribution in [0, 0.1) is 5.92 Å². The van der Waals surface area contributed by atoms with Gasteiger partial charge in [-0.05, 0) is 19.8 Å². The third-order valence-electron chi connectivity index (χ3n) is 1.98. The molecular formula is C11H20N2O2. The molecule has 0 aliphatic carbocycles. The van der Waals surface area contributed by atoms with Gasteiger partial charge in [-0.1, -0.05) is 19.1 Å². The monoisotopic (exact) mass is 212 g/mol. The summed E-state index contributed by atoms with van der Waals surface area (Å²) in [5.41, 5.74) is 5.37. The first-order chi connectivity index (χ1) is 7.07. The number of hydrogen-bond acceptors (Lipinski definition) is 3. The van der Waals surface area contributed by atoms with Crippen molar-refractivity contribution in [1.82, 2.24) is 0 Å². The van der Waals surface area contributed by atoms with E-state index in [1.807, 2.05) is 19.1 Å². The van der Waals surface area contributed by atoms with Crippen LogP contribution in [-0.4, -0.2) is 25.5 Å². The number of nitrogens with two attached hydrogens (primary N) is 1. The summed E-state index contributed by atoms with van der Waals surface area (Å²) in [5, 5.41) is 0. The molecule has 4 heteroatoms. The maximum absolute atomic E-state index is 11.0. The lowest BCUT2D eigenvalue weighted by molar-refractivity contribution is -0.144. The fourth-order valence-corrected chi connectivity index (χ4v) is 1.05. The number of nitrogens with zero attached hydrogens (tertiary/aromatic N) is 1. The van der Waals surface area contributed by atoms with E-state index < -0.39 is 0 Å². The van der Waals surface area contributed by atoms with Gasteiger partial charge in [-0.3, -0.25) is 9.79 Å². The number of rotatable bonds is 6. The number of hydrogen-bond donors (Lipinski definition) is 1. The lowest BCUT2D eigenvalue weighted by Gasteiger charge is -2.05. The largest absolute Gasteiger partial charge is 0.469 e. The van der Waals surface area contributed by atoms with Gasteiger partial charge in [0.2, 0.25) is 0 Å². The summed E-state index contributed by atoms with van der Waals surface area (Å²) < 4.78 is 4.62. The van der Waals surface area contributed by atoms with E-state index in [2.05, 4.69) is 9.73 Å². The van der Waals surface area contributed by atoms with Gasteiger partial charge in [-0.15, -0.1) is 0 Å². The fourth-order valence-electron chi connectivity index (χ4n) is 1.05. The Morgan fingerprint density at radius 3 is 2.73 bits per heavy atom. The first-order valence-electron chi connectivity index (χ1n) is 5.07. The van der Waals surface area contributed by atoms with Crippen LogP contribution in [0.3, 0.4) is 0 Å². The van der Waals surface area contributed by atoms with E-state index in [1.165, 1.54) is 7.11 Å². The lowest BCUT2D eigenvalue weighted by atomic mass is 10.1. The molecule has 0 heterocycles. The molecule has 0 radical (unpaired) electrons. The van der Waals surface area contributed by atoms with Crippen LogP contribution >= 0.6 is 0 Å². The molecule has 0 aliphatic heterocycles. The summed E-state index contributed by atoms with van der Waals surface area (Å²) in [6, 6.07) is 0. The third-order valence-corrected chi connectivity index (χ3v) is 1.98. The highest BCUT2D eigenvalue weighted by atomic mass is 16.5. The minimum atomic E-state index is -0.153. The van der Waals surface area contributed by atoms with Crippen molar-refractivity contribution in [2.75, 3.05) is 13.7 Å². The van der Waals surface area contributed by atoms with Crippen LogP contribution < -0.4 is 5.73 Å². The molecule has 0 fully saturated rings. The standard InChI is InChI=1S/C11H20N2O2/c1-9(11(14)15-3)7-5-4-6-8-13-10(2)12/h4,6,9H,5,7-8H2,1-3H3,(H2,12,13)/b6-4-. The van der Waals surface area contributed by atoms with Gasteiger partial charge in [-0.2, -0.15) is 0 Å². The molecule has 0 amide bonds. The van der Waals surface area contributed by atoms with Crippen LogP contribution in [-0.2, 0) is 9.53 Å². The molecule has 0 saturated heterocycles. The molecule has 0 aromatic rings. The van der Waals surface area contributed by atoms with E-state index in [0.29, 0.717) is 12.4 Å². The summed E-state index contributed by atoms with van der Waals surface area (Å²) in [4.78, 5) is 15.0. The Labute approximate surface area is 91.2 Å². The topological polar surface area (TPSA) is 64.7 Å². The molecule has 15 heavy (non-hydrogen) atoms. The molecule has 0 saturated carbocycles. The number of esters is 1. The smallest absolute Gasteiger partial charge is 0.308 e. The summed E-state index contributed by atoms with van der Waals surface area (Å²) >= 11 is 0. The van der Waals surface area contributed by atoms with Crippen LogP contribution in [0.5, 0.6) is 0 Å². The molecule has 1 atom stereocenters. The normalized spacial score (nSPS) is 14.2. The highest BCUT2D eigenvalue weighted by Crippen LogP contribution is 2.07. The van der Waals surface area contributed by atoms with Crippen LogP contribution in [0.25, 0.3) is 0 Å². The average Bonchev–Trinajstić information content (AvgIpc) is 2.21. The molecule has 0 spiro atoms. The Balaban J connectivity index is 3.61. The van der Waals surface area contributed by atoms with E-state index in [0.717, 1.165) is 12.8 Å². The Morgan fingerprint density at radius 2 is 2.20 bits per heavy atom. The average molecular weight is 212 g/mol. The van der Waals surface area contributed by atoms with E-state index in [9.17, 15) is 4.79 Å². The van der Waals surface area contributed by atoms with Gasteiger partial charge < -0.3 is 10.5 Å². The second-order valence-electron chi connectivity index (χ2n) is 3.46. The van der Waals surface area contributed by atoms with Gasteiger partial charge >= 0.3 is 5.97 Å². The summed E-state index contributed by atoms with van der Waals surface area (Å²) in [6.45, 7) is 4.23. The van der Waals surface area contributed by atoms with Gasteiger partial charge in [-0.25, -0.2) is 0 Å². The summed E-state index contributed by atoms with van der Waals surface area (Å²) in [7, 11) is 1.41. The number of ether oxygens (including phenoxy) is 1. The molecule has 2 N–H and O–H groups in total. The SMILES string of the molecule is COC(=O)C(C)CC/C=C\CN=C(C)N. The zero-order valence-electron chi connectivity index (χ0n) is 9.69. The van der Waals surface area contributed by atoms with Gasteiger partial charge in [0.1, 0.15) is 0 Å². The van der Waals surface area contributed by atoms with Crippen molar-refractivity contribution in [1.29, 1.82) is 0 Å². The van der Waals surface area contributed by atoms with E-state index in [1.54, 1.807) is 6.92 Å². The first kappa shape index (κ1) is 13.7. The number of aliphatic imine (C=N–C) groups is 1.